The number of nitrogens with zero attached hydrogens (tertiary/aromatic N) is 1. The normalized spacial score (nSPS) is 11.5. The number of hydrogen-bond donors (Lipinski definition) is 2. The number of anilines is 1. The number of benzene rings is 1. The number of carboxylic acids is 1. The lowest BCUT2D eigenvalue weighted by Gasteiger charge is -2.14. The summed E-state index contributed by atoms with van der Waals surface area (Å²) in [6.07, 6.45) is 0.607. The van der Waals surface area contributed by atoms with Gasteiger partial charge in [0.15, 0.2) is 6.10 Å². The molecule has 0 saturated heterocycles. The molecular weight excluding hydrogens is 272 g/mol. The predicted molar refractivity (Wildman–Crippen MR) is 76.4 cm³/mol. The number of ether oxygens (including phenoxy) is 1. The van der Waals surface area contributed by atoms with Gasteiger partial charge < -0.3 is 15.2 Å². The van der Waals surface area contributed by atoms with Gasteiger partial charge in [-0.15, -0.1) is 0 Å². The average molecular weight is 286 g/mol. The van der Waals surface area contributed by atoms with Gasteiger partial charge in [0, 0.05) is 11.9 Å². The molecule has 1 aromatic carbocycles. The summed E-state index contributed by atoms with van der Waals surface area (Å²) in [6.45, 7) is 1.61. The fourth-order valence-electron chi connectivity index (χ4n) is 1.63. The van der Waals surface area contributed by atoms with Crippen molar-refractivity contribution < 1.29 is 19.4 Å². The van der Waals surface area contributed by atoms with Crippen LogP contribution in [0.5, 0.6) is 5.75 Å². The van der Waals surface area contributed by atoms with Crippen molar-refractivity contribution >= 4 is 17.6 Å². The summed E-state index contributed by atoms with van der Waals surface area (Å²) in [6, 6.07) is 11.8. The quantitative estimate of drug-likeness (QED) is 0.879. The van der Waals surface area contributed by atoms with Crippen LogP contribution in [0.3, 0.4) is 0 Å². The molecule has 1 aromatic heterocycles. The number of nitrogens with one attached hydrogen (secondary N) is 1. The second kappa shape index (κ2) is 6.51. The number of rotatable bonds is 5. The summed E-state index contributed by atoms with van der Waals surface area (Å²) in [4.78, 5) is 26.5. The second-order valence-electron chi connectivity index (χ2n) is 4.30. The van der Waals surface area contributed by atoms with Gasteiger partial charge in [-0.3, -0.25) is 4.79 Å². The summed E-state index contributed by atoms with van der Waals surface area (Å²) in [7, 11) is 0. The third kappa shape index (κ3) is 4.04. The molecule has 6 nitrogen and oxygen atoms in total. The molecule has 2 N–H and O–H groups in total. The number of pyridine rings is 1. The van der Waals surface area contributed by atoms with Crippen LogP contribution in [0.2, 0.25) is 0 Å². The molecule has 0 aliphatic heterocycles. The van der Waals surface area contributed by atoms with E-state index in [2.05, 4.69) is 10.3 Å². The maximum Gasteiger partial charge on any atom is 0.354 e. The molecule has 0 saturated carbocycles. The zero-order valence-electron chi connectivity index (χ0n) is 11.3. The van der Waals surface area contributed by atoms with Gasteiger partial charge >= 0.3 is 5.97 Å². The number of para-hydroxylation sites is 1. The van der Waals surface area contributed by atoms with Crippen molar-refractivity contribution in [1.29, 1.82) is 0 Å². The van der Waals surface area contributed by atoms with Crippen LogP contribution in [-0.2, 0) is 4.79 Å². The van der Waals surface area contributed by atoms with Crippen molar-refractivity contribution in [3.8, 4) is 5.75 Å². The molecule has 2 aromatic rings. The highest BCUT2D eigenvalue weighted by atomic mass is 16.5. The number of carboxylic acid groups (broad SMARTS) is 1. The Morgan fingerprint density at radius 1 is 1.24 bits per heavy atom. The van der Waals surface area contributed by atoms with E-state index in [0.717, 1.165) is 0 Å². The van der Waals surface area contributed by atoms with Crippen molar-refractivity contribution in [2.45, 2.75) is 13.0 Å². The van der Waals surface area contributed by atoms with E-state index in [9.17, 15) is 9.59 Å². The third-order valence-corrected chi connectivity index (χ3v) is 2.67. The molecule has 0 fully saturated rings. The number of amides is 1. The Bertz CT molecular complexity index is 643. The van der Waals surface area contributed by atoms with Crippen molar-refractivity contribution in [3.63, 3.8) is 0 Å². The number of aromatic nitrogens is 1. The Morgan fingerprint density at radius 3 is 2.62 bits per heavy atom. The summed E-state index contributed by atoms with van der Waals surface area (Å²) < 4.78 is 5.48. The van der Waals surface area contributed by atoms with E-state index in [0.29, 0.717) is 11.4 Å². The standard InChI is InChI=1S/C15H14N2O4/c1-10(21-12-5-3-2-4-6-12)14(18)17-11-7-8-16-13(9-11)15(19)20/h2-10H,1H3,(H,19,20)(H,16,17,18). The van der Waals surface area contributed by atoms with Crippen LogP contribution in [0.1, 0.15) is 17.4 Å². The minimum absolute atomic E-state index is 0.135. The Hall–Kier alpha value is -2.89. The fourth-order valence-corrected chi connectivity index (χ4v) is 1.63. The van der Waals surface area contributed by atoms with Crippen LogP contribution in [0.4, 0.5) is 5.69 Å². The average Bonchev–Trinajstić information content (AvgIpc) is 2.48. The Labute approximate surface area is 121 Å². The number of carbonyl (C=O) groups excluding carboxylic acids is 1. The SMILES string of the molecule is CC(Oc1ccccc1)C(=O)Nc1ccnc(C(=O)O)c1. The van der Waals surface area contributed by atoms with E-state index in [1.165, 1.54) is 18.3 Å². The van der Waals surface area contributed by atoms with E-state index in [4.69, 9.17) is 9.84 Å². The van der Waals surface area contributed by atoms with Gasteiger partial charge in [0.1, 0.15) is 11.4 Å². The largest absolute Gasteiger partial charge is 0.481 e. The minimum Gasteiger partial charge on any atom is -0.481 e. The first-order chi connectivity index (χ1) is 10.1. The van der Waals surface area contributed by atoms with Crippen molar-refractivity contribution in [2.75, 3.05) is 5.32 Å². The lowest BCUT2D eigenvalue weighted by atomic mass is 10.3. The zero-order valence-corrected chi connectivity index (χ0v) is 11.3. The Balaban J connectivity index is 2.00. The van der Waals surface area contributed by atoms with Gasteiger partial charge in [-0.25, -0.2) is 9.78 Å². The molecule has 0 aliphatic carbocycles. The smallest absolute Gasteiger partial charge is 0.354 e. The predicted octanol–water partition coefficient (Wildman–Crippen LogP) is 2.19. The molecule has 1 heterocycles. The van der Waals surface area contributed by atoms with Gasteiger partial charge in [-0.2, -0.15) is 0 Å². The number of hydrogen-bond acceptors (Lipinski definition) is 4. The first kappa shape index (κ1) is 14.5. The monoisotopic (exact) mass is 286 g/mol. The van der Waals surface area contributed by atoms with E-state index in [-0.39, 0.29) is 11.6 Å². The van der Waals surface area contributed by atoms with Crippen molar-refractivity contribution in [3.05, 3.63) is 54.4 Å². The van der Waals surface area contributed by atoms with Gasteiger partial charge in [0.25, 0.3) is 5.91 Å². The minimum atomic E-state index is -1.15. The maximum absolute atomic E-state index is 12.0. The summed E-state index contributed by atoms with van der Waals surface area (Å²) in [5.74, 6) is -0.942. The van der Waals surface area contributed by atoms with Crippen molar-refractivity contribution in [1.82, 2.24) is 4.98 Å². The highest BCUT2D eigenvalue weighted by Crippen LogP contribution is 2.13. The first-order valence-corrected chi connectivity index (χ1v) is 6.28. The molecule has 6 heteroatoms. The summed E-state index contributed by atoms with van der Waals surface area (Å²) in [5.41, 5.74) is 0.223. The van der Waals surface area contributed by atoms with E-state index < -0.39 is 12.1 Å². The number of aromatic carboxylic acids is 1. The van der Waals surface area contributed by atoms with Gasteiger partial charge in [0.2, 0.25) is 0 Å². The molecule has 2 rings (SSSR count). The van der Waals surface area contributed by atoms with Gasteiger partial charge in [-0.1, -0.05) is 18.2 Å². The van der Waals surface area contributed by atoms with Crippen molar-refractivity contribution in [2.24, 2.45) is 0 Å². The molecular formula is C15H14N2O4. The molecule has 0 spiro atoms. The first-order valence-electron chi connectivity index (χ1n) is 6.28. The van der Waals surface area contributed by atoms with Crippen LogP contribution in [0, 0.1) is 0 Å². The molecule has 108 valence electrons. The lowest BCUT2D eigenvalue weighted by molar-refractivity contribution is -0.122. The van der Waals surface area contributed by atoms with Crippen LogP contribution in [0.25, 0.3) is 0 Å². The lowest BCUT2D eigenvalue weighted by Crippen LogP contribution is -2.30. The molecule has 0 bridgehead atoms. The molecule has 1 unspecified atom stereocenters. The highest BCUT2D eigenvalue weighted by Gasteiger charge is 2.15. The van der Waals surface area contributed by atoms with E-state index in [1.807, 2.05) is 18.2 Å². The summed E-state index contributed by atoms with van der Waals surface area (Å²) in [5, 5.41) is 11.4. The van der Waals surface area contributed by atoms with Gasteiger partial charge in [-0.05, 0) is 31.2 Å². The van der Waals surface area contributed by atoms with Gasteiger partial charge in [0.05, 0.1) is 0 Å². The Morgan fingerprint density at radius 2 is 1.95 bits per heavy atom. The van der Waals surface area contributed by atoms with E-state index >= 15 is 0 Å². The maximum atomic E-state index is 12.0. The topological polar surface area (TPSA) is 88.5 Å². The molecule has 1 atom stereocenters. The Kier molecular flexibility index (Phi) is 4.50. The van der Waals surface area contributed by atoms with Crippen LogP contribution < -0.4 is 10.1 Å². The fraction of sp³-hybridized carbons (Fsp3) is 0.133. The highest BCUT2D eigenvalue weighted by molar-refractivity contribution is 5.95. The molecule has 0 radical (unpaired) electrons. The molecule has 1 amide bonds. The van der Waals surface area contributed by atoms with Crippen LogP contribution >= 0.6 is 0 Å². The summed E-state index contributed by atoms with van der Waals surface area (Å²) >= 11 is 0. The molecule has 21 heavy (non-hydrogen) atoms. The second-order valence-corrected chi connectivity index (χ2v) is 4.30. The zero-order chi connectivity index (χ0) is 15.2. The van der Waals surface area contributed by atoms with Crippen LogP contribution in [0.15, 0.2) is 48.7 Å². The third-order valence-electron chi connectivity index (χ3n) is 2.67. The molecule has 0 aliphatic rings. The number of carbonyl (C=O) groups is 2. The van der Waals surface area contributed by atoms with Crippen LogP contribution in [-0.4, -0.2) is 28.1 Å². The van der Waals surface area contributed by atoms with E-state index in [1.54, 1.807) is 19.1 Å².